The van der Waals surface area contributed by atoms with Gasteiger partial charge in [0.25, 0.3) is 0 Å². The van der Waals surface area contributed by atoms with Gasteiger partial charge in [0.05, 0.1) is 5.92 Å². The molecule has 1 unspecified atom stereocenters. The van der Waals surface area contributed by atoms with E-state index in [2.05, 4.69) is 0 Å². The maximum absolute atomic E-state index is 10.4. The zero-order chi connectivity index (χ0) is 9.56. The average Bonchev–Trinajstić information content (AvgIpc) is 1.96. The van der Waals surface area contributed by atoms with Crippen LogP contribution >= 0.6 is 0 Å². The molecule has 0 rings (SSSR count). The molecule has 5 heteroatoms. The zero-order valence-electron chi connectivity index (χ0n) is 7.82. The van der Waals surface area contributed by atoms with Crippen LogP contribution in [0.1, 0.15) is 19.8 Å². The number of carbonyl (C=O) groups excluding carboxylic acids is 1. The summed E-state index contributed by atoms with van der Waals surface area (Å²) < 4.78 is 0. The first-order chi connectivity index (χ1) is 5.57. The van der Waals surface area contributed by atoms with Crippen LogP contribution in [0.4, 0.5) is 0 Å². The van der Waals surface area contributed by atoms with E-state index in [4.69, 9.17) is 5.11 Å². The van der Waals surface area contributed by atoms with E-state index < -0.39 is 24.3 Å². The summed E-state index contributed by atoms with van der Waals surface area (Å²) in [4.78, 5) is 20.5. The minimum absolute atomic E-state index is 0. The van der Waals surface area contributed by atoms with Gasteiger partial charge >= 0.3 is 57.4 Å². The minimum atomic E-state index is -1.33. The van der Waals surface area contributed by atoms with Gasteiger partial charge in [0.1, 0.15) is 0 Å². The van der Waals surface area contributed by atoms with Crippen LogP contribution in [-0.2, 0) is 9.59 Å². The van der Waals surface area contributed by atoms with Crippen LogP contribution in [0.5, 0.6) is 0 Å². The fourth-order valence-electron chi connectivity index (χ4n) is 0.773. The van der Waals surface area contributed by atoms with Gasteiger partial charge in [-0.3, -0.25) is 4.79 Å². The van der Waals surface area contributed by atoms with Crippen molar-refractivity contribution in [1.29, 1.82) is 0 Å². The first-order valence-corrected chi connectivity index (χ1v) is 3.61. The topological polar surface area (TPSA) is 77.4 Å². The van der Waals surface area contributed by atoms with E-state index in [1.165, 1.54) is 0 Å². The third-order valence-electron chi connectivity index (χ3n) is 1.42. The Morgan fingerprint density at radius 2 is 2.08 bits per heavy atom. The van der Waals surface area contributed by atoms with Crippen LogP contribution in [0.25, 0.3) is 0 Å². The van der Waals surface area contributed by atoms with Gasteiger partial charge in [-0.1, -0.05) is 12.2 Å². The number of carboxylic acid groups (broad SMARTS) is 2. The fourth-order valence-corrected chi connectivity index (χ4v) is 0.773. The van der Waals surface area contributed by atoms with Crippen LogP contribution < -0.4 is 56.5 Å². The quantitative estimate of drug-likeness (QED) is 0.383. The molecule has 1 N–H and O–H groups in total. The Kier molecular flexibility index (Phi) is 10.8. The van der Waals surface area contributed by atoms with E-state index in [0.29, 0.717) is 0 Å². The van der Waals surface area contributed by atoms with Gasteiger partial charge in [0.2, 0.25) is 0 Å². The average molecular weight is 210 g/mol. The molecule has 0 spiro atoms. The Labute approximate surface area is 119 Å². The summed E-state index contributed by atoms with van der Waals surface area (Å²) in [5, 5.41) is 18.6. The number of allylic oxidation sites excluding steroid dienone is 2. The van der Waals surface area contributed by atoms with Gasteiger partial charge in [-0.2, -0.15) is 0 Å². The molecule has 0 amide bonds. The van der Waals surface area contributed by atoms with E-state index in [9.17, 15) is 14.7 Å². The summed E-state index contributed by atoms with van der Waals surface area (Å²) in [6, 6.07) is 0. The third-order valence-corrected chi connectivity index (χ3v) is 1.42. The van der Waals surface area contributed by atoms with Gasteiger partial charge in [0, 0.05) is 12.4 Å². The zero-order valence-corrected chi connectivity index (χ0v) is 10.9. The maximum atomic E-state index is 10.4. The fraction of sp³-hybridized carbons (Fsp3) is 0.500. The molecular weight excluding hydrogens is 199 g/mol. The van der Waals surface area contributed by atoms with Crippen molar-refractivity contribution in [2.24, 2.45) is 5.92 Å². The molecule has 0 saturated carbocycles. The number of carboxylic acids is 2. The van der Waals surface area contributed by atoms with Crippen molar-refractivity contribution in [3.05, 3.63) is 12.2 Å². The maximum Gasteiger partial charge on any atom is 1.00 e. The van der Waals surface area contributed by atoms with E-state index in [0.717, 1.165) is 0 Å². The minimum Gasteiger partial charge on any atom is -0.550 e. The molecule has 68 valence electrons. The Morgan fingerprint density at radius 3 is 2.38 bits per heavy atom. The van der Waals surface area contributed by atoms with Crippen LogP contribution in [-0.4, -0.2) is 17.0 Å². The number of aliphatic carboxylic acids is 2. The number of carbonyl (C=O) groups is 2. The van der Waals surface area contributed by atoms with Gasteiger partial charge < -0.3 is 15.0 Å². The SMILES string of the molecule is C/C=C/CC(CC(=O)[O-])C(=O)O.[K+]. The molecule has 0 aromatic heterocycles. The molecular formula is C8H11KO4. The summed E-state index contributed by atoms with van der Waals surface area (Å²) in [6.07, 6.45) is 3.12. The molecule has 0 fully saturated rings. The largest absolute Gasteiger partial charge is 1.00 e. The molecule has 13 heavy (non-hydrogen) atoms. The van der Waals surface area contributed by atoms with Crippen LogP contribution in [0, 0.1) is 5.92 Å². The molecule has 0 aliphatic carbocycles. The van der Waals surface area contributed by atoms with E-state index >= 15 is 0 Å². The number of rotatable bonds is 5. The standard InChI is InChI=1S/C8H12O4.K/c1-2-3-4-6(8(11)12)5-7(9)10;/h2-3,6H,4-5H2,1H3,(H,9,10)(H,11,12);/q;+1/p-1/b3-2+;. The predicted molar refractivity (Wildman–Crippen MR) is 40.2 cm³/mol. The van der Waals surface area contributed by atoms with Crippen LogP contribution in [0.2, 0.25) is 0 Å². The van der Waals surface area contributed by atoms with E-state index in [1.807, 2.05) is 0 Å². The van der Waals surface area contributed by atoms with Crippen LogP contribution in [0.15, 0.2) is 12.2 Å². The first-order valence-electron chi connectivity index (χ1n) is 3.61. The number of hydrogen-bond donors (Lipinski definition) is 1. The van der Waals surface area contributed by atoms with Crippen molar-refractivity contribution < 1.29 is 71.2 Å². The molecule has 0 bridgehead atoms. The summed E-state index contributed by atoms with van der Waals surface area (Å²) in [6.45, 7) is 1.75. The normalized spacial score (nSPS) is 12.1. The second-order valence-electron chi connectivity index (χ2n) is 2.42. The molecule has 4 nitrogen and oxygen atoms in total. The summed E-state index contributed by atoms with van der Waals surface area (Å²) in [5.41, 5.74) is 0. The molecule has 0 aromatic carbocycles. The third kappa shape index (κ3) is 8.64. The Hall–Kier alpha value is 0.316. The first kappa shape index (κ1) is 15.8. The molecule has 0 heterocycles. The van der Waals surface area contributed by atoms with Crippen molar-refractivity contribution >= 4 is 11.9 Å². The molecule has 0 saturated heterocycles. The van der Waals surface area contributed by atoms with Crippen molar-refractivity contribution in [2.45, 2.75) is 19.8 Å². The van der Waals surface area contributed by atoms with Crippen LogP contribution in [0.3, 0.4) is 0 Å². The molecule has 0 aliphatic rings. The monoisotopic (exact) mass is 210 g/mol. The summed E-state index contributed by atoms with van der Waals surface area (Å²) in [7, 11) is 0. The van der Waals surface area contributed by atoms with Crippen molar-refractivity contribution in [2.75, 3.05) is 0 Å². The Morgan fingerprint density at radius 1 is 1.54 bits per heavy atom. The van der Waals surface area contributed by atoms with E-state index in [1.54, 1.807) is 19.1 Å². The van der Waals surface area contributed by atoms with Crippen molar-refractivity contribution in [1.82, 2.24) is 0 Å². The van der Waals surface area contributed by atoms with Gasteiger partial charge in [0.15, 0.2) is 0 Å². The second-order valence-corrected chi connectivity index (χ2v) is 2.42. The van der Waals surface area contributed by atoms with Gasteiger partial charge in [-0.05, 0) is 13.3 Å². The molecule has 0 aromatic rings. The Balaban J connectivity index is 0. The molecule has 0 radical (unpaired) electrons. The molecule has 0 aliphatic heterocycles. The van der Waals surface area contributed by atoms with Crippen molar-refractivity contribution in [3.63, 3.8) is 0 Å². The van der Waals surface area contributed by atoms with E-state index in [-0.39, 0.29) is 57.8 Å². The van der Waals surface area contributed by atoms with Crippen molar-refractivity contribution in [3.8, 4) is 0 Å². The second kappa shape index (κ2) is 8.89. The molecule has 1 atom stereocenters. The smallest absolute Gasteiger partial charge is 0.550 e. The summed E-state index contributed by atoms with van der Waals surface area (Å²) in [5.74, 6) is -3.30. The summed E-state index contributed by atoms with van der Waals surface area (Å²) >= 11 is 0. The number of hydrogen-bond acceptors (Lipinski definition) is 3. The van der Waals surface area contributed by atoms with Gasteiger partial charge in [-0.15, -0.1) is 0 Å². The van der Waals surface area contributed by atoms with Gasteiger partial charge in [-0.25, -0.2) is 0 Å². The predicted octanol–water partition coefficient (Wildman–Crippen LogP) is -3.20. The Bertz CT molecular complexity index is 200.